The number of hydrogen-bond donors (Lipinski definition) is 0. The molecule has 0 aromatic carbocycles. The molecule has 21 heavy (non-hydrogen) atoms. The highest BCUT2D eigenvalue weighted by Crippen LogP contribution is 2.23. The molecule has 0 aliphatic rings. The number of nitrogens with zero attached hydrogens (tertiary/aromatic N) is 5. The first-order valence-electron chi connectivity index (χ1n) is 6.06. The number of carbonyl (C=O) groups is 1. The van der Waals surface area contributed by atoms with E-state index >= 15 is 0 Å². The quantitative estimate of drug-likeness (QED) is 0.685. The van der Waals surface area contributed by atoms with Crippen molar-refractivity contribution in [1.82, 2.24) is 25.2 Å². The summed E-state index contributed by atoms with van der Waals surface area (Å²) in [4.78, 5) is 17.9. The third kappa shape index (κ3) is 2.83. The molecule has 108 valence electrons. The molecule has 3 aromatic rings. The minimum atomic E-state index is -0.388. The number of thiophene rings is 1. The fraction of sp³-hybridized carbons (Fsp3) is 0.250. The molecule has 0 radical (unpaired) electrons. The summed E-state index contributed by atoms with van der Waals surface area (Å²) in [6.07, 6.45) is 1.44. The number of rotatable bonds is 4. The molecule has 0 spiro atoms. The molecule has 0 aliphatic heterocycles. The number of ether oxygens (including phenoxy) is 1. The second kappa shape index (κ2) is 5.70. The van der Waals surface area contributed by atoms with Gasteiger partial charge in [0.1, 0.15) is 17.8 Å². The van der Waals surface area contributed by atoms with Crippen molar-refractivity contribution in [1.29, 1.82) is 0 Å². The van der Waals surface area contributed by atoms with E-state index in [-0.39, 0.29) is 12.6 Å². The van der Waals surface area contributed by atoms with E-state index in [2.05, 4.69) is 20.5 Å². The Morgan fingerprint density at radius 2 is 2.29 bits per heavy atom. The first kappa shape index (κ1) is 13.8. The molecule has 7 nitrogen and oxygen atoms in total. The number of thiazole rings is 1. The van der Waals surface area contributed by atoms with Gasteiger partial charge in [-0.05, 0) is 35.7 Å². The van der Waals surface area contributed by atoms with Gasteiger partial charge in [-0.1, -0.05) is 0 Å². The maximum atomic E-state index is 12.2. The SMILES string of the molecule is Cc1nc(C)c(COC(=O)c2sccc2-n2cnnn2)s1. The molecule has 0 atom stereocenters. The maximum Gasteiger partial charge on any atom is 0.350 e. The Hall–Kier alpha value is -2.13. The van der Waals surface area contributed by atoms with Gasteiger partial charge in [-0.15, -0.1) is 27.8 Å². The van der Waals surface area contributed by atoms with E-state index in [0.717, 1.165) is 15.6 Å². The molecule has 0 saturated carbocycles. The summed E-state index contributed by atoms with van der Waals surface area (Å²) in [6.45, 7) is 4.06. The fourth-order valence-electron chi connectivity index (χ4n) is 1.81. The molecule has 0 N–H and O–H groups in total. The van der Waals surface area contributed by atoms with E-state index < -0.39 is 0 Å². The molecule has 3 rings (SSSR count). The van der Waals surface area contributed by atoms with E-state index in [1.165, 1.54) is 33.7 Å². The van der Waals surface area contributed by atoms with Gasteiger partial charge in [-0.2, -0.15) is 4.68 Å². The first-order chi connectivity index (χ1) is 10.1. The standard InChI is InChI=1S/C12H11N5O2S2/c1-7-10(21-8(2)14-7)5-19-12(18)11-9(3-4-20-11)17-6-13-15-16-17/h3-4,6H,5H2,1-2H3. The van der Waals surface area contributed by atoms with Gasteiger partial charge in [0.15, 0.2) is 0 Å². The van der Waals surface area contributed by atoms with Crippen LogP contribution in [-0.4, -0.2) is 31.2 Å². The highest BCUT2D eigenvalue weighted by atomic mass is 32.1. The Balaban J connectivity index is 1.75. The van der Waals surface area contributed by atoms with Crippen LogP contribution < -0.4 is 0 Å². The third-order valence-corrected chi connectivity index (χ3v) is 4.69. The Morgan fingerprint density at radius 3 is 2.95 bits per heavy atom. The van der Waals surface area contributed by atoms with Crippen molar-refractivity contribution < 1.29 is 9.53 Å². The number of hydrogen-bond acceptors (Lipinski definition) is 8. The second-order valence-corrected chi connectivity index (χ2v) is 6.41. The monoisotopic (exact) mass is 321 g/mol. The Morgan fingerprint density at radius 1 is 1.43 bits per heavy atom. The lowest BCUT2D eigenvalue weighted by atomic mass is 10.4. The van der Waals surface area contributed by atoms with Crippen LogP contribution in [0.1, 0.15) is 25.3 Å². The number of aromatic nitrogens is 5. The number of aryl methyl sites for hydroxylation is 2. The zero-order chi connectivity index (χ0) is 14.8. The topological polar surface area (TPSA) is 82.8 Å². The van der Waals surface area contributed by atoms with Crippen LogP contribution in [0.5, 0.6) is 0 Å². The molecule has 0 fully saturated rings. The molecule has 3 heterocycles. The van der Waals surface area contributed by atoms with Crippen molar-refractivity contribution >= 4 is 28.6 Å². The van der Waals surface area contributed by atoms with Crippen LogP contribution in [0.2, 0.25) is 0 Å². The maximum absolute atomic E-state index is 12.2. The minimum Gasteiger partial charge on any atom is -0.456 e. The van der Waals surface area contributed by atoms with Crippen molar-refractivity contribution in [3.63, 3.8) is 0 Å². The van der Waals surface area contributed by atoms with Crippen molar-refractivity contribution in [2.75, 3.05) is 0 Å². The zero-order valence-electron chi connectivity index (χ0n) is 11.3. The Bertz CT molecular complexity index is 763. The normalized spacial score (nSPS) is 10.8. The predicted molar refractivity (Wildman–Crippen MR) is 77.7 cm³/mol. The van der Waals surface area contributed by atoms with E-state index in [1.54, 1.807) is 11.4 Å². The molecule has 0 amide bonds. The number of carbonyl (C=O) groups excluding carboxylic acids is 1. The van der Waals surface area contributed by atoms with E-state index in [4.69, 9.17) is 4.74 Å². The summed E-state index contributed by atoms with van der Waals surface area (Å²) in [5, 5.41) is 13.7. The average molecular weight is 321 g/mol. The molecule has 3 aromatic heterocycles. The van der Waals surface area contributed by atoms with Crippen LogP contribution in [-0.2, 0) is 11.3 Å². The van der Waals surface area contributed by atoms with Gasteiger partial charge in [0, 0.05) is 0 Å². The van der Waals surface area contributed by atoms with Crippen molar-refractivity contribution in [2.24, 2.45) is 0 Å². The molecule has 9 heteroatoms. The molecule has 0 unspecified atom stereocenters. The summed E-state index contributed by atoms with van der Waals surface area (Å²) >= 11 is 2.83. The van der Waals surface area contributed by atoms with Gasteiger partial charge in [-0.25, -0.2) is 9.78 Å². The average Bonchev–Trinajstić information content (AvgIpc) is 3.16. The molecule has 0 aliphatic carbocycles. The zero-order valence-corrected chi connectivity index (χ0v) is 12.9. The van der Waals surface area contributed by atoms with Crippen LogP contribution in [0.25, 0.3) is 5.69 Å². The lowest BCUT2D eigenvalue weighted by Crippen LogP contribution is -2.07. The minimum absolute atomic E-state index is 0.225. The van der Waals surface area contributed by atoms with Crippen molar-refractivity contribution in [2.45, 2.75) is 20.5 Å². The second-order valence-electron chi connectivity index (χ2n) is 4.21. The highest BCUT2D eigenvalue weighted by molar-refractivity contribution is 7.12. The molecule has 0 saturated heterocycles. The smallest absolute Gasteiger partial charge is 0.350 e. The van der Waals surface area contributed by atoms with Gasteiger partial charge in [0.05, 0.1) is 21.3 Å². The predicted octanol–water partition coefficient (Wildman–Crippen LogP) is 2.15. The van der Waals surface area contributed by atoms with Crippen LogP contribution in [0.15, 0.2) is 17.8 Å². The van der Waals surface area contributed by atoms with Crippen molar-refractivity contribution in [3.8, 4) is 5.69 Å². The van der Waals surface area contributed by atoms with Crippen LogP contribution in [0, 0.1) is 13.8 Å². The lowest BCUT2D eigenvalue weighted by Gasteiger charge is -2.04. The molecular formula is C12H11N5O2S2. The largest absolute Gasteiger partial charge is 0.456 e. The van der Waals surface area contributed by atoms with E-state index in [9.17, 15) is 4.79 Å². The summed E-state index contributed by atoms with van der Waals surface area (Å²) in [5.41, 5.74) is 1.52. The first-order valence-corrected chi connectivity index (χ1v) is 7.75. The molecular weight excluding hydrogens is 310 g/mol. The lowest BCUT2D eigenvalue weighted by molar-refractivity contribution is 0.0482. The number of esters is 1. The summed E-state index contributed by atoms with van der Waals surface area (Å²) < 4.78 is 6.80. The fourth-order valence-corrected chi connectivity index (χ4v) is 3.43. The van der Waals surface area contributed by atoms with Crippen LogP contribution in [0.3, 0.4) is 0 Å². The van der Waals surface area contributed by atoms with Gasteiger partial charge < -0.3 is 4.74 Å². The van der Waals surface area contributed by atoms with E-state index in [1.807, 2.05) is 13.8 Å². The Kier molecular flexibility index (Phi) is 3.76. The van der Waals surface area contributed by atoms with Crippen LogP contribution in [0.4, 0.5) is 0 Å². The van der Waals surface area contributed by atoms with E-state index in [0.29, 0.717) is 10.6 Å². The van der Waals surface area contributed by atoms with Crippen molar-refractivity contribution in [3.05, 3.63) is 38.2 Å². The summed E-state index contributed by atoms with van der Waals surface area (Å²) in [5.74, 6) is -0.388. The summed E-state index contributed by atoms with van der Waals surface area (Å²) in [6, 6.07) is 1.78. The van der Waals surface area contributed by atoms with Gasteiger partial charge >= 0.3 is 5.97 Å². The van der Waals surface area contributed by atoms with Gasteiger partial charge in [-0.3, -0.25) is 0 Å². The van der Waals surface area contributed by atoms with Gasteiger partial charge in [0.2, 0.25) is 0 Å². The highest BCUT2D eigenvalue weighted by Gasteiger charge is 2.18. The molecule has 0 bridgehead atoms. The third-order valence-electron chi connectivity index (χ3n) is 2.76. The van der Waals surface area contributed by atoms with Gasteiger partial charge in [0.25, 0.3) is 0 Å². The van der Waals surface area contributed by atoms with Crippen LogP contribution >= 0.6 is 22.7 Å². The summed E-state index contributed by atoms with van der Waals surface area (Å²) in [7, 11) is 0. The Labute approximate surface area is 128 Å². The number of tetrazole rings is 1.